The number of fused-ring (bicyclic) bond motifs is 1. The van der Waals surface area contributed by atoms with Crippen molar-refractivity contribution in [3.05, 3.63) is 71.3 Å². The summed E-state index contributed by atoms with van der Waals surface area (Å²) in [6.07, 6.45) is 0. The Morgan fingerprint density at radius 3 is 2.44 bits per heavy atom. The number of nitrogens with one attached hydrogen (secondary N) is 1. The van der Waals surface area contributed by atoms with Crippen LogP contribution >= 0.6 is 0 Å². The van der Waals surface area contributed by atoms with E-state index >= 15 is 0 Å². The van der Waals surface area contributed by atoms with Gasteiger partial charge in [-0.25, -0.2) is 13.8 Å². The minimum atomic E-state index is -2.87. The summed E-state index contributed by atoms with van der Waals surface area (Å²) in [6, 6.07) is 16.8. The molecule has 0 amide bonds. The number of nitrogens with zero attached hydrogens (tertiary/aromatic N) is 2. The van der Waals surface area contributed by atoms with Crippen LogP contribution in [0.15, 0.2) is 54.6 Å². The smallest absolute Gasteiger partial charge is 0.259 e. The van der Waals surface area contributed by atoms with Crippen molar-refractivity contribution < 1.29 is 8.78 Å². The second-order valence-corrected chi connectivity index (χ2v) is 6.90. The molecule has 136 valence electrons. The van der Waals surface area contributed by atoms with Gasteiger partial charge in [0.1, 0.15) is 0 Å². The second kappa shape index (κ2) is 6.27. The summed E-state index contributed by atoms with van der Waals surface area (Å²) in [7, 11) is 0. The number of hydrogen-bond acceptors (Lipinski definition) is 2. The van der Waals surface area contributed by atoms with Crippen LogP contribution in [0.4, 0.5) is 8.78 Å². The fourth-order valence-electron chi connectivity index (χ4n) is 3.38. The van der Waals surface area contributed by atoms with E-state index in [4.69, 9.17) is 0 Å². The minimum absolute atomic E-state index is 0.00981. The van der Waals surface area contributed by atoms with Gasteiger partial charge in [-0.1, -0.05) is 48.5 Å². The normalized spacial score (nSPS) is 11.9. The highest BCUT2D eigenvalue weighted by Crippen LogP contribution is 2.33. The Balaban J connectivity index is 1.81. The molecular formula is C22H19F2N3. The first-order valence-electron chi connectivity index (χ1n) is 8.75. The lowest BCUT2D eigenvalue weighted by Gasteiger charge is -2.12. The van der Waals surface area contributed by atoms with Gasteiger partial charge in [-0.3, -0.25) is 5.10 Å². The van der Waals surface area contributed by atoms with Crippen molar-refractivity contribution >= 4 is 10.8 Å². The number of aromatic amines is 1. The standard InChI is InChI=1S/C22H19F2N3/c1-13-8-9-15-6-4-5-7-18(15)19(13)21-25-20(26-27-21)17-11-10-16(12-14(17)2)22(3,23)24/h4-12H,1-3H3,(H,25,26,27). The molecule has 0 unspecified atom stereocenters. The zero-order valence-corrected chi connectivity index (χ0v) is 15.3. The van der Waals surface area contributed by atoms with Crippen molar-refractivity contribution in [3.63, 3.8) is 0 Å². The van der Waals surface area contributed by atoms with Crippen LogP contribution in [0.3, 0.4) is 0 Å². The molecule has 0 saturated heterocycles. The molecule has 4 aromatic rings. The molecule has 5 heteroatoms. The van der Waals surface area contributed by atoms with Gasteiger partial charge in [-0.05, 0) is 41.8 Å². The van der Waals surface area contributed by atoms with E-state index < -0.39 is 5.92 Å². The van der Waals surface area contributed by atoms with Gasteiger partial charge in [-0.2, -0.15) is 5.10 Å². The highest BCUT2D eigenvalue weighted by atomic mass is 19.3. The van der Waals surface area contributed by atoms with Gasteiger partial charge in [0.2, 0.25) is 0 Å². The van der Waals surface area contributed by atoms with Crippen molar-refractivity contribution in [2.45, 2.75) is 26.7 Å². The third-order valence-electron chi connectivity index (χ3n) is 4.83. The molecule has 27 heavy (non-hydrogen) atoms. The van der Waals surface area contributed by atoms with Crippen LogP contribution in [0.5, 0.6) is 0 Å². The Bertz CT molecular complexity index is 1140. The first-order valence-corrected chi connectivity index (χ1v) is 8.75. The molecule has 1 N–H and O–H groups in total. The number of benzene rings is 3. The van der Waals surface area contributed by atoms with Gasteiger partial charge in [0.15, 0.2) is 11.6 Å². The minimum Gasteiger partial charge on any atom is -0.259 e. The Morgan fingerprint density at radius 2 is 1.70 bits per heavy atom. The van der Waals surface area contributed by atoms with Crippen LogP contribution in [0, 0.1) is 13.8 Å². The summed E-state index contributed by atoms with van der Waals surface area (Å²) >= 11 is 0. The molecule has 4 rings (SSSR count). The van der Waals surface area contributed by atoms with Gasteiger partial charge in [0, 0.05) is 23.6 Å². The third-order valence-corrected chi connectivity index (χ3v) is 4.83. The first-order chi connectivity index (χ1) is 12.8. The molecule has 0 aliphatic heterocycles. The molecule has 0 bridgehead atoms. The quantitative estimate of drug-likeness (QED) is 0.483. The predicted molar refractivity (Wildman–Crippen MR) is 104 cm³/mol. The van der Waals surface area contributed by atoms with Crippen molar-refractivity contribution in [1.29, 1.82) is 0 Å². The first kappa shape index (κ1) is 17.3. The van der Waals surface area contributed by atoms with Gasteiger partial charge in [0.05, 0.1) is 0 Å². The maximum Gasteiger partial charge on any atom is 0.270 e. The van der Waals surface area contributed by atoms with Crippen LogP contribution in [0.1, 0.15) is 23.6 Å². The van der Waals surface area contributed by atoms with Gasteiger partial charge in [0.25, 0.3) is 5.92 Å². The largest absolute Gasteiger partial charge is 0.270 e. The highest BCUT2D eigenvalue weighted by molar-refractivity contribution is 5.96. The average Bonchev–Trinajstić information content (AvgIpc) is 3.10. The number of hydrogen-bond donors (Lipinski definition) is 1. The molecular weight excluding hydrogens is 344 g/mol. The summed E-state index contributed by atoms with van der Waals surface area (Å²) in [4.78, 5) is 4.66. The Morgan fingerprint density at radius 1 is 0.926 bits per heavy atom. The Kier molecular flexibility index (Phi) is 4.02. The fraction of sp³-hybridized carbons (Fsp3) is 0.182. The maximum atomic E-state index is 13.5. The lowest BCUT2D eigenvalue weighted by molar-refractivity contribution is 0.0174. The average molecular weight is 363 g/mol. The fourth-order valence-corrected chi connectivity index (χ4v) is 3.38. The van der Waals surface area contributed by atoms with E-state index in [1.807, 2.05) is 19.1 Å². The molecule has 0 atom stereocenters. The monoisotopic (exact) mass is 363 g/mol. The molecule has 0 radical (unpaired) electrons. The second-order valence-electron chi connectivity index (χ2n) is 6.90. The van der Waals surface area contributed by atoms with Gasteiger partial charge in [-0.15, -0.1) is 0 Å². The number of H-pyrrole nitrogens is 1. The van der Waals surface area contributed by atoms with E-state index in [1.54, 1.807) is 13.0 Å². The Labute approximate surface area is 156 Å². The van der Waals surface area contributed by atoms with Crippen molar-refractivity contribution in [1.82, 2.24) is 15.2 Å². The molecule has 0 fully saturated rings. The highest BCUT2D eigenvalue weighted by Gasteiger charge is 2.25. The Hall–Kier alpha value is -3.08. The van der Waals surface area contributed by atoms with Crippen LogP contribution in [0.2, 0.25) is 0 Å². The maximum absolute atomic E-state index is 13.5. The van der Waals surface area contributed by atoms with Crippen LogP contribution < -0.4 is 0 Å². The summed E-state index contributed by atoms with van der Waals surface area (Å²) in [5.41, 5.74) is 3.54. The van der Waals surface area contributed by atoms with E-state index in [9.17, 15) is 8.78 Å². The molecule has 0 spiro atoms. The summed E-state index contributed by atoms with van der Waals surface area (Å²) in [5.74, 6) is -1.70. The van der Waals surface area contributed by atoms with E-state index in [-0.39, 0.29) is 5.56 Å². The van der Waals surface area contributed by atoms with Crippen LogP contribution in [-0.4, -0.2) is 15.2 Å². The van der Waals surface area contributed by atoms with Crippen LogP contribution in [-0.2, 0) is 5.92 Å². The zero-order chi connectivity index (χ0) is 19.2. The summed E-state index contributed by atoms with van der Waals surface area (Å²) < 4.78 is 27.1. The topological polar surface area (TPSA) is 41.6 Å². The third kappa shape index (κ3) is 3.10. The molecule has 0 saturated carbocycles. The zero-order valence-electron chi connectivity index (χ0n) is 15.3. The molecule has 3 nitrogen and oxygen atoms in total. The van der Waals surface area contributed by atoms with Crippen molar-refractivity contribution in [3.8, 4) is 22.8 Å². The number of aromatic nitrogens is 3. The molecule has 0 aliphatic rings. The van der Waals surface area contributed by atoms with E-state index in [0.717, 1.165) is 34.4 Å². The van der Waals surface area contributed by atoms with Crippen molar-refractivity contribution in [2.75, 3.05) is 0 Å². The van der Waals surface area contributed by atoms with Crippen LogP contribution in [0.25, 0.3) is 33.5 Å². The van der Waals surface area contributed by atoms with E-state index in [0.29, 0.717) is 17.2 Å². The summed E-state index contributed by atoms with van der Waals surface area (Å²) in [6.45, 7) is 4.73. The number of rotatable bonds is 3. The van der Waals surface area contributed by atoms with Gasteiger partial charge >= 0.3 is 0 Å². The SMILES string of the molecule is Cc1cc(C(C)(F)F)ccc1-c1n[nH]c(-c2c(C)ccc3ccccc23)n1. The number of halogens is 2. The molecule has 1 aromatic heterocycles. The van der Waals surface area contributed by atoms with E-state index in [1.165, 1.54) is 12.1 Å². The van der Waals surface area contributed by atoms with Gasteiger partial charge < -0.3 is 0 Å². The molecule has 1 heterocycles. The molecule has 3 aromatic carbocycles. The lowest BCUT2D eigenvalue weighted by atomic mass is 9.99. The summed E-state index contributed by atoms with van der Waals surface area (Å²) in [5, 5.41) is 9.58. The van der Waals surface area contributed by atoms with Crippen molar-refractivity contribution in [2.24, 2.45) is 0 Å². The number of alkyl halides is 2. The predicted octanol–water partition coefficient (Wildman–Crippen LogP) is 6.02. The lowest BCUT2D eigenvalue weighted by Crippen LogP contribution is -2.07. The van der Waals surface area contributed by atoms with E-state index in [2.05, 4.69) is 39.4 Å². The molecule has 0 aliphatic carbocycles. The number of aryl methyl sites for hydroxylation is 2.